The molecule has 0 radical (unpaired) electrons. The lowest BCUT2D eigenvalue weighted by Crippen LogP contribution is -2.10. The van der Waals surface area contributed by atoms with Crippen molar-refractivity contribution in [3.8, 4) is 0 Å². The van der Waals surface area contributed by atoms with Crippen molar-refractivity contribution in [2.45, 2.75) is 26.0 Å². The van der Waals surface area contributed by atoms with Gasteiger partial charge in [-0.3, -0.25) is 0 Å². The number of hydrogen-bond acceptors (Lipinski definition) is 4. The molecule has 2 aromatic heterocycles. The summed E-state index contributed by atoms with van der Waals surface area (Å²) in [5, 5.41) is 19.9. The zero-order chi connectivity index (χ0) is 10.7. The summed E-state index contributed by atoms with van der Waals surface area (Å²) in [5.41, 5.74) is 0.485. The average molecular weight is 207 g/mol. The van der Waals surface area contributed by atoms with Crippen LogP contribution in [0.1, 0.15) is 31.0 Å². The smallest absolute Gasteiger partial charge is 0.157 e. The zero-order valence-electron chi connectivity index (χ0n) is 8.46. The average Bonchev–Trinajstić information content (AvgIpc) is 2.87. The van der Waals surface area contributed by atoms with Crippen molar-refractivity contribution in [2.75, 3.05) is 0 Å². The van der Waals surface area contributed by atoms with Crippen molar-refractivity contribution in [1.29, 1.82) is 0 Å². The number of imidazole rings is 1. The largest absolute Gasteiger partial charge is 0.379 e. The van der Waals surface area contributed by atoms with E-state index in [9.17, 15) is 5.11 Å². The molecule has 0 aliphatic rings. The summed E-state index contributed by atoms with van der Waals surface area (Å²) in [7, 11) is 0. The first-order valence-electron chi connectivity index (χ1n) is 4.87. The number of aromatic amines is 1. The van der Waals surface area contributed by atoms with Crippen LogP contribution in [-0.2, 0) is 6.54 Å². The Kier molecular flexibility index (Phi) is 2.77. The van der Waals surface area contributed by atoms with Crippen LogP contribution in [0.5, 0.6) is 0 Å². The molecule has 0 spiro atoms. The van der Waals surface area contributed by atoms with Crippen molar-refractivity contribution >= 4 is 0 Å². The lowest BCUT2D eigenvalue weighted by Gasteiger charge is -2.09. The molecule has 0 bridgehead atoms. The van der Waals surface area contributed by atoms with E-state index in [1.165, 1.54) is 6.20 Å². The van der Waals surface area contributed by atoms with Gasteiger partial charge in [0.25, 0.3) is 0 Å². The van der Waals surface area contributed by atoms with E-state index >= 15 is 0 Å². The van der Waals surface area contributed by atoms with E-state index in [1.807, 2.05) is 10.8 Å². The monoisotopic (exact) mass is 207 g/mol. The molecule has 0 amide bonds. The molecule has 2 aromatic rings. The maximum Gasteiger partial charge on any atom is 0.157 e. The number of aliphatic hydroxyl groups is 1. The molecular weight excluding hydrogens is 194 g/mol. The summed E-state index contributed by atoms with van der Waals surface area (Å²) >= 11 is 0. The third-order valence-electron chi connectivity index (χ3n) is 2.17. The molecule has 1 unspecified atom stereocenters. The van der Waals surface area contributed by atoms with Gasteiger partial charge in [0, 0.05) is 18.9 Å². The van der Waals surface area contributed by atoms with Gasteiger partial charge in [0.2, 0.25) is 0 Å². The fourth-order valence-electron chi connectivity index (χ4n) is 1.47. The summed E-state index contributed by atoms with van der Waals surface area (Å²) in [5.74, 6) is 0.603. The summed E-state index contributed by atoms with van der Waals surface area (Å²) in [6.07, 6.45) is 5.20. The Morgan fingerprint density at radius 2 is 2.47 bits per heavy atom. The van der Waals surface area contributed by atoms with Crippen LogP contribution in [-0.4, -0.2) is 30.1 Å². The fraction of sp³-hybridized carbons (Fsp3) is 0.444. The van der Waals surface area contributed by atoms with Gasteiger partial charge in [0.15, 0.2) is 6.10 Å². The van der Waals surface area contributed by atoms with E-state index in [0.29, 0.717) is 11.5 Å². The predicted molar refractivity (Wildman–Crippen MR) is 53.0 cm³/mol. The molecule has 6 nitrogen and oxygen atoms in total. The molecule has 2 N–H and O–H groups in total. The Morgan fingerprint density at radius 1 is 1.60 bits per heavy atom. The second-order valence-electron chi connectivity index (χ2n) is 3.28. The predicted octanol–water partition coefficient (Wildman–Crippen LogP) is 0.493. The van der Waals surface area contributed by atoms with Crippen molar-refractivity contribution < 1.29 is 5.11 Å². The summed E-state index contributed by atoms with van der Waals surface area (Å²) in [6.45, 7) is 2.91. The van der Waals surface area contributed by atoms with Crippen LogP contribution >= 0.6 is 0 Å². The Bertz CT molecular complexity index is 408. The maximum atomic E-state index is 9.97. The van der Waals surface area contributed by atoms with Gasteiger partial charge >= 0.3 is 0 Å². The quantitative estimate of drug-likeness (QED) is 0.764. The summed E-state index contributed by atoms with van der Waals surface area (Å²) < 4.78 is 1.92. The van der Waals surface area contributed by atoms with Crippen molar-refractivity contribution in [1.82, 2.24) is 25.0 Å². The highest BCUT2D eigenvalue weighted by Crippen LogP contribution is 2.17. The van der Waals surface area contributed by atoms with Crippen molar-refractivity contribution in [3.63, 3.8) is 0 Å². The Morgan fingerprint density at radius 3 is 3.13 bits per heavy atom. The van der Waals surface area contributed by atoms with Crippen LogP contribution in [0.15, 0.2) is 18.6 Å². The van der Waals surface area contributed by atoms with Gasteiger partial charge in [-0.25, -0.2) is 4.98 Å². The first kappa shape index (κ1) is 9.85. The van der Waals surface area contributed by atoms with Gasteiger partial charge in [-0.05, 0) is 6.42 Å². The second-order valence-corrected chi connectivity index (χ2v) is 3.28. The van der Waals surface area contributed by atoms with Crippen LogP contribution in [0, 0.1) is 0 Å². The molecule has 0 aromatic carbocycles. The Hall–Kier alpha value is -1.69. The third kappa shape index (κ3) is 1.89. The number of H-pyrrole nitrogens is 1. The molecule has 1 atom stereocenters. The number of aryl methyl sites for hydroxylation is 1. The van der Waals surface area contributed by atoms with Gasteiger partial charge in [-0.2, -0.15) is 15.4 Å². The van der Waals surface area contributed by atoms with Crippen LogP contribution in [0.3, 0.4) is 0 Å². The van der Waals surface area contributed by atoms with E-state index in [-0.39, 0.29) is 0 Å². The lowest BCUT2D eigenvalue weighted by atomic mass is 10.2. The minimum atomic E-state index is -0.815. The van der Waals surface area contributed by atoms with Crippen LogP contribution < -0.4 is 0 Å². The van der Waals surface area contributed by atoms with Gasteiger partial charge < -0.3 is 9.67 Å². The molecule has 80 valence electrons. The highest BCUT2D eigenvalue weighted by molar-refractivity contribution is 5.10. The van der Waals surface area contributed by atoms with E-state index < -0.39 is 6.10 Å². The van der Waals surface area contributed by atoms with Crippen LogP contribution in [0.4, 0.5) is 0 Å². The second kappa shape index (κ2) is 4.22. The van der Waals surface area contributed by atoms with Crippen LogP contribution in [0.25, 0.3) is 0 Å². The molecular formula is C9H13N5O. The van der Waals surface area contributed by atoms with Gasteiger partial charge in [-0.1, -0.05) is 6.92 Å². The van der Waals surface area contributed by atoms with E-state index in [2.05, 4.69) is 27.3 Å². The molecule has 0 saturated carbocycles. The number of hydrogen-bond donors (Lipinski definition) is 2. The molecule has 0 aliphatic carbocycles. The SMILES string of the molecule is CCCn1ccnc1C(O)c1cn[nH]n1. The molecule has 0 fully saturated rings. The normalized spacial score (nSPS) is 12.9. The number of nitrogens with one attached hydrogen (secondary N) is 1. The van der Waals surface area contributed by atoms with Crippen LogP contribution in [0.2, 0.25) is 0 Å². The minimum Gasteiger partial charge on any atom is -0.379 e. The lowest BCUT2D eigenvalue weighted by molar-refractivity contribution is 0.199. The molecule has 15 heavy (non-hydrogen) atoms. The van der Waals surface area contributed by atoms with Crippen molar-refractivity contribution in [2.24, 2.45) is 0 Å². The topological polar surface area (TPSA) is 79.6 Å². The number of aromatic nitrogens is 5. The van der Waals surface area contributed by atoms with Gasteiger partial charge in [0.05, 0.1) is 6.20 Å². The van der Waals surface area contributed by atoms with E-state index in [4.69, 9.17) is 0 Å². The van der Waals surface area contributed by atoms with E-state index in [0.717, 1.165) is 13.0 Å². The number of rotatable bonds is 4. The Balaban J connectivity index is 2.25. The Labute approximate surface area is 87.0 Å². The maximum absolute atomic E-state index is 9.97. The van der Waals surface area contributed by atoms with Gasteiger partial charge in [-0.15, -0.1) is 0 Å². The highest BCUT2D eigenvalue weighted by atomic mass is 16.3. The summed E-state index contributed by atoms with van der Waals surface area (Å²) in [4.78, 5) is 4.12. The number of aliphatic hydroxyl groups excluding tert-OH is 1. The van der Waals surface area contributed by atoms with E-state index in [1.54, 1.807) is 6.20 Å². The minimum absolute atomic E-state index is 0.485. The third-order valence-corrected chi connectivity index (χ3v) is 2.17. The fourth-order valence-corrected chi connectivity index (χ4v) is 1.47. The number of nitrogens with zero attached hydrogens (tertiary/aromatic N) is 4. The summed E-state index contributed by atoms with van der Waals surface area (Å²) in [6, 6.07) is 0. The molecule has 6 heteroatoms. The highest BCUT2D eigenvalue weighted by Gasteiger charge is 2.17. The molecule has 2 heterocycles. The van der Waals surface area contributed by atoms with Gasteiger partial charge in [0.1, 0.15) is 11.5 Å². The van der Waals surface area contributed by atoms with Crippen molar-refractivity contribution in [3.05, 3.63) is 30.1 Å². The zero-order valence-corrected chi connectivity index (χ0v) is 8.46. The molecule has 0 saturated heterocycles. The first-order chi connectivity index (χ1) is 7.33. The standard InChI is InChI=1S/C9H13N5O/c1-2-4-14-5-3-10-9(14)8(15)7-6-11-13-12-7/h3,5-6,8,15H,2,4H2,1H3,(H,11,12,13). The first-order valence-corrected chi connectivity index (χ1v) is 4.87. The molecule has 2 rings (SSSR count). The molecule has 0 aliphatic heterocycles.